The van der Waals surface area contributed by atoms with Gasteiger partial charge in [-0.3, -0.25) is 9.59 Å². The first-order valence-corrected chi connectivity index (χ1v) is 12.1. The molecule has 0 bridgehead atoms. The third-order valence-corrected chi connectivity index (χ3v) is 5.37. The smallest absolute Gasteiger partial charge is 0.311 e. The number of benzene rings is 1. The van der Waals surface area contributed by atoms with Gasteiger partial charge in [-0.15, -0.1) is 0 Å². The van der Waals surface area contributed by atoms with Crippen LogP contribution in [0, 0.1) is 10.8 Å². The first-order chi connectivity index (χ1) is 15.7. The maximum Gasteiger partial charge on any atom is 0.311 e. The largest absolute Gasteiger partial charge is 0.461 e. The van der Waals surface area contributed by atoms with E-state index in [-0.39, 0.29) is 13.2 Å². The fraction of sp³-hybridized carbons (Fsp3) is 0.643. The van der Waals surface area contributed by atoms with Gasteiger partial charge in [0.05, 0.1) is 17.4 Å². The molecule has 34 heavy (non-hydrogen) atoms. The summed E-state index contributed by atoms with van der Waals surface area (Å²) in [6, 6.07) is 9.65. The van der Waals surface area contributed by atoms with E-state index < -0.39 is 40.6 Å². The number of esters is 2. The Morgan fingerprint density at radius 3 is 2.09 bits per heavy atom. The van der Waals surface area contributed by atoms with Gasteiger partial charge in [0.1, 0.15) is 18.3 Å². The minimum Gasteiger partial charge on any atom is -0.461 e. The zero-order valence-corrected chi connectivity index (χ0v) is 22.2. The fourth-order valence-corrected chi connectivity index (χ4v) is 2.93. The Kier molecular flexibility index (Phi) is 11.5. The van der Waals surface area contributed by atoms with Gasteiger partial charge in [-0.1, -0.05) is 62.2 Å². The van der Waals surface area contributed by atoms with Crippen molar-refractivity contribution >= 4 is 11.9 Å². The number of rotatable bonds is 12. The Hall–Kier alpha value is -2.18. The molecule has 0 saturated heterocycles. The van der Waals surface area contributed by atoms with Crippen LogP contribution >= 0.6 is 0 Å². The van der Waals surface area contributed by atoms with Crippen molar-refractivity contribution < 1.29 is 28.9 Å². The Labute approximate surface area is 205 Å². The van der Waals surface area contributed by atoms with Crippen molar-refractivity contribution in [2.45, 2.75) is 99.1 Å². The van der Waals surface area contributed by atoms with Crippen molar-refractivity contribution in [1.29, 1.82) is 0 Å². The van der Waals surface area contributed by atoms with Gasteiger partial charge in [-0.2, -0.15) is 0 Å². The molecule has 6 heteroatoms. The van der Waals surface area contributed by atoms with Gasteiger partial charge in [0.2, 0.25) is 0 Å². The van der Waals surface area contributed by atoms with Gasteiger partial charge >= 0.3 is 11.9 Å². The molecule has 0 aromatic heterocycles. The van der Waals surface area contributed by atoms with E-state index in [4.69, 9.17) is 14.2 Å². The molecule has 0 radical (unpaired) electrons. The summed E-state index contributed by atoms with van der Waals surface area (Å²) in [6.07, 6.45) is 4.30. The summed E-state index contributed by atoms with van der Waals surface area (Å²) in [7, 11) is 0. The molecule has 1 aromatic carbocycles. The monoisotopic (exact) mass is 476 g/mol. The number of carbonyl (C=O) groups excluding carboxylic acids is 2. The van der Waals surface area contributed by atoms with Crippen LogP contribution < -0.4 is 0 Å². The average Bonchev–Trinajstić information content (AvgIpc) is 2.76. The lowest BCUT2D eigenvalue weighted by molar-refractivity contribution is -0.190. The first kappa shape index (κ1) is 29.9. The van der Waals surface area contributed by atoms with Crippen molar-refractivity contribution in [2.24, 2.45) is 10.8 Å². The molecule has 192 valence electrons. The molecule has 0 aliphatic carbocycles. The van der Waals surface area contributed by atoms with Gasteiger partial charge in [0.15, 0.2) is 6.10 Å². The van der Waals surface area contributed by atoms with E-state index in [1.165, 1.54) is 0 Å². The minimum absolute atomic E-state index is 0.258. The quantitative estimate of drug-likeness (QED) is 0.240. The van der Waals surface area contributed by atoms with Crippen LogP contribution in [0.1, 0.15) is 80.2 Å². The minimum atomic E-state index is -1.27. The number of allylic oxidation sites excluding steroid dienone is 1. The molecule has 1 aromatic rings. The standard InChI is InChI=1S/C28H44O6/c1-9-10-11-15-18-28(8,33-19-21-16-13-12-14-17-21)23(29)22(34-25(31)27(5,6)7)20-32-24(30)26(2,3)4/h12-18,22-23,29H,9-11,19-20H2,1-8H3/b18-15-/t22-,23-,28+/m1/s1. The molecule has 0 spiro atoms. The summed E-state index contributed by atoms with van der Waals surface area (Å²) in [5.41, 5.74) is -1.74. The summed E-state index contributed by atoms with van der Waals surface area (Å²) in [6.45, 7) is 14.3. The summed E-state index contributed by atoms with van der Waals surface area (Å²) in [4.78, 5) is 25.1. The van der Waals surface area contributed by atoms with E-state index in [0.29, 0.717) is 0 Å². The van der Waals surface area contributed by atoms with Crippen molar-refractivity contribution in [3.63, 3.8) is 0 Å². The first-order valence-electron chi connectivity index (χ1n) is 12.1. The van der Waals surface area contributed by atoms with Crippen LogP contribution in [0.25, 0.3) is 0 Å². The highest BCUT2D eigenvalue weighted by atomic mass is 16.6. The van der Waals surface area contributed by atoms with E-state index in [9.17, 15) is 14.7 Å². The van der Waals surface area contributed by atoms with Crippen molar-refractivity contribution in [3.8, 4) is 0 Å². The zero-order valence-electron chi connectivity index (χ0n) is 22.2. The zero-order chi connectivity index (χ0) is 26.0. The fourth-order valence-electron chi connectivity index (χ4n) is 2.93. The molecule has 0 heterocycles. The highest BCUT2D eigenvalue weighted by Crippen LogP contribution is 2.27. The number of aliphatic hydroxyl groups is 1. The van der Waals surface area contributed by atoms with E-state index in [1.54, 1.807) is 48.5 Å². The van der Waals surface area contributed by atoms with Crippen LogP contribution in [0.5, 0.6) is 0 Å². The number of aliphatic hydroxyl groups excluding tert-OH is 1. The van der Waals surface area contributed by atoms with Crippen LogP contribution in [0.3, 0.4) is 0 Å². The van der Waals surface area contributed by atoms with E-state index in [0.717, 1.165) is 24.8 Å². The molecule has 1 rings (SSSR count). The lowest BCUT2D eigenvalue weighted by atomic mass is 9.92. The molecule has 6 nitrogen and oxygen atoms in total. The van der Waals surface area contributed by atoms with E-state index in [2.05, 4.69) is 6.92 Å². The third-order valence-electron chi connectivity index (χ3n) is 5.37. The molecule has 0 fully saturated rings. The maximum atomic E-state index is 12.7. The number of carbonyl (C=O) groups is 2. The Bertz CT molecular complexity index is 787. The number of hydrogen-bond donors (Lipinski definition) is 1. The molecule has 0 unspecified atom stereocenters. The summed E-state index contributed by atoms with van der Waals surface area (Å²) in [5, 5.41) is 11.4. The summed E-state index contributed by atoms with van der Waals surface area (Å²) < 4.78 is 17.3. The van der Waals surface area contributed by atoms with Gasteiger partial charge < -0.3 is 19.3 Å². The van der Waals surface area contributed by atoms with E-state index >= 15 is 0 Å². The number of hydrogen-bond acceptors (Lipinski definition) is 6. The van der Waals surface area contributed by atoms with Crippen LogP contribution in [0.15, 0.2) is 42.5 Å². The molecule has 0 saturated carbocycles. The molecular formula is C28H44O6. The van der Waals surface area contributed by atoms with Gasteiger partial charge in [-0.05, 0) is 60.5 Å². The van der Waals surface area contributed by atoms with Crippen LogP contribution in [0.2, 0.25) is 0 Å². The van der Waals surface area contributed by atoms with Gasteiger partial charge in [-0.25, -0.2) is 0 Å². The van der Waals surface area contributed by atoms with Crippen LogP contribution in [0.4, 0.5) is 0 Å². The predicted molar refractivity (Wildman–Crippen MR) is 134 cm³/mol. The van der Waals surface area contributed by atoms with Crippen molar-refractivity contribution in [2.75, 3.05) is 6.61 Å². The van der Waals surface area contributed by atoms with Crippen molar-refractivity contribution in [3.05, 3.63) is 48.0 Å². The Morgan fingerprint density at radius 1 is 0.971 bits per heavy atom. The number of ether oxygens (including phenoxy) is 3. The number of unbranched alkanes of at least 4 members (excludes halogenated alkanes) is 2. The van der Waals surface area contributed by atoms with Gasteiger partial charge in [0.25, 0.3) is 0 Å². The highest BCUT2D eigenvalue weighted by molar-refractivity contribution is 5.76. The SMILES string of the molecule is CCCC/C=C\[C@](C)(OCc1ccccc1)[C@H](O)[C@@H](COC(=O)C(C)(C)C)OC(=O)C(C)(C)C. The Balaban J connectivity index is 3.20. The van der Waals surface area contributed by atoms with Crippen LogP contribution in [-0.4, -0.2) is 41.5 Å². The average molecular weight is 477 g/mol. The van der Waals surface area contributed by atoms with E-state index in [1.807, 2.05) is 42.5 Å². The summed E-state index contributed by atoms with van der Waals surface area (Å²) >= 11 is 0. The molecule has 3 atom stereocenters. The topological polar surface area (TPSA) is 82.1 Å². The highest BCUT2D eigenvalue weighted by Gasteiger charge is 2.42. The van der Waals surface area contributed by atoms with Crippen molar-refractivity contribution in [1.82, 2.24) is 0 Å². The normalized spacial score (nSPS) is 16.0. The third kappa shape index (κ3) is 9.98. The second-order valence-electron chi connectivity index (χ2n) is 11.0. The molecule has 0 aliphatic rings. The second kappa shape index (κ2) is 13.1. The lowest BCUT2D eigenvalue weighted by Crippen LogP contribution is -2.52. The molecular weight excluding hydrogens is 432 g/mol. The Morgan fingerprint density at radius 2 is 1.56 bits per heavy atom. The maximum absolute atomic E-state index is 12.7. The van der Waals surface area contributed by atoms with Crippen LogP contribution in [-0.2, 0) is 30.4 Å². The second-order valence-corrected chi connectivity index (χ2v) is 11.0. The summed E-state index contributed by atoms with van der Waals surface area (Å²) in [5.74, 6) is -0.939. The molecule has 0 aliphatic heterocycles. The molecule has 0 amide bonds. The predicted octanol–water partition coefficient (Wildman–Crippen LogP) is 5.62. The lowest BCUT2D eigenvalue weighted by Gasteiger charge is -2.37. The molecule has 1 N–H and O–H groups in total. The van der Waals surface area contributed by atoms with Gasteiger partial charge in [0, 0.05) is 0 Å².